The summed E-state index contributed by atoms with van der Waals surface area (Å²) in [6.45, 7) is 0. The molecule has 0 radical (unpaired) electrons. The first-order chi connectivity index (χ1) is 61.4. The molecule has 2 aliphatic rings. The largest absolute Gasteiger partial charge is 0.456 e. The predicted molar refractivity (Wildman–Crippen MR) is 519 cm³/mol. The van der Waals surface area contributed by atoms with Gasteiger partial charge in [0.25, 0.3) is 0 Å². The fourth-order valence-corrected chi connectivity index (χ4v) is 21.0. The molecule has 0 fully saturated rings. The minimum absolute atomic E-state index is 0.902. The average molecular weight is 1570 g/mol. The highest BCUT2D eigenvalue weighted by molar-refractivity contribution is 6.29. The van der Waals surface area contributed by atoms with E-state index in [0.717, 1.165) is 110 Å². The van der Waals surface area contributed by atoms with Crippen molar-refractivity contribution >= 4 is 152 Å². The maximum absolute atomic E-state index is 6.25. The molecule has 0 unspecified atom stereocenters. The molecule has 124 heavy (non-hydrogen) atoms. The van der Waals surface area contributed by atoms with Crippen molar-refractivity contribution in [3.8, 4) is 134 Å². The van der Waals surface area contributed by atoms with E-state index in [1.54, 1.807) is 0 Å². The molecule has 2 aliphatic carbocycles. The van der Waals surface area contributed by atoms with Gasteiger partial charge in [0, 0.05) is 43.1 Å². The molecule has 4 heterocycles. The minimum Gasteiger partial charge on any atom is -0.456 e. The van der Waals surface area contributed by atoms with Gasteiger partial charge in [-0.3, -0.25) is 0 Å². The molecule has 0 bridgehead atoms. The second kappa shape index (κ2) is 26.5. The third-order valence-corrected chi connectivity index (χ3v) is 26.9. The Kier molecular flexibility index (Phi) is 14.7. The zero-order chi connectivity index (χ0) is 80.9. The van der Waals surface area contributed by atoms with Crippen LogP contribution in [-0.4, -0.2) is 0 Å². The molecule has 0 atom stereocenters. The van der Waals surface area contributed by atoms with Gasteiger partial charge in [-0.2, -0.15) is 0 Å². The Hall–Kier alpha value is -16.4. The summed E-state index contributed by atoms with van der Waals surface area (Å²) in [6, 6.07) is 151. The van der Waals surface area contributed by atoms with E-state index in [-0.39, 0.29) is 0 Å². The minimum atomic E-state index is 0.902. The highest BCUT2D eigenvalue weighted by Crippen LogP contribution is 2.56. The smallest absolute Gasteiger partial charge is 0.135 e. The molecule has 4 heteroatoms. The molecule has 4 nitrogen and oxygen atoms in total. The van der Waals surface area contributed by atoms with Gasteiger partial charge in [0.1, 0.15) is 44.7 Å². The quantitative estimate of drug-likeness (QED) is 0.165. The fraction of sp³-hybridized carbons (Fsp3) is 0. The van der Waals surface area contributed by atoms with Crippen LogP contribution < -0.4 is 0 Å². The van der Waals surface area contributed by atoms with Crippen LogP contribution >= 0.6 is 0 Å². The molecule has 28 rings (SSSR count). The number of benzene rings is 22. The number of fused-ring (bicyclic) bond motifs is 40. The summed E-state index contributed by atoms with van der Waals surface area (Å²) in [4.78, 5) is 0. The highest BCUT2D eigenvalue weighted by atomic mass is 16.3. The van der Waals surface area contributed by atoms with Crippen LogP contribution in [-0.2, 0) is 0 Å². The van der Waals surface area contributed by atoms with Crippen molar-refractivity contribution in [3.05, 3.63) is 413 Å². The predicted octanol–water partition coefficient (Wildman–Crippen LogP) is 34.5. The Balaban J connectivity index is 0.000000130. The SMILES string of the molecule is c1ccc2c(c1)-c1cc(-c3ccc4oc5ccccc5c4c3)ccc1-c1cc3c4ccccc4c4ccccc4c3cc1-c1ccc(-c3ccc4oc5ccccc5c4c3)cc1-2.c1ccc2c(c1)-c1ccc(-c3ccc4oc5ccccc5c4c3)cc1-c1cc3c4ccccc4c4ccccc4c3cc1-c1ccc(-c3ccc4oc5ccccc5c4c3)cc1-2. The first-order valence-electron chi connectivity index (χ1n) is 42.6. The summed E-state index contributed by atoms with van der Waals surface area (Å²) < 4.78 is 25.0. The Labute approximate surface area is 711 Å². The Morgan fingerprint density at radius 2 is 0.242 bits per heavy atom. The summed E-state index contributed by atoms with van der Waals surface area (Å²) in [5.74, 6) is 0. The van der Waals surface area contributed by atoms with E-state index in [9.17, 15) is 0 Å². The number of hydrogen-bond donors (Lipinski definition) is 0. The van der Waals surface area contributed by atoms with Crippen LogP contribution in [0.25, 0.3) is 286 Å². The summed E-state index contributed by atoms with van der Waals surface area (Å²) in [5.41, 5.74) is 36.0. The van der Waals surface area contributed by atoms with Crippen LogP contribution in [0.3, 0.4) is 0 Å². The van der Waals surface area contributed by atoms with Crippen molar-refractivity contribution < 1.29 is 17.7 Å². The van der Waals surface area contributed by atoms with Crippen LogP contribution in [0.4, 0.5) is 0 Å². The fourth-order valence-electron chi connectivity index (χ4n) is 21.0. The van der Waals surface area contributed by atoms with Crippen molar-refractivity contribution in [2.45, 2.75) is 0 Å². The van der Waals surface area contributed by atoms with E-state index in [0.29, 0.717) is 0 Å². The van der Waals surface area contributed by atoms with E-state index in [4.69, 9.17) is 17.7 Å². The topological polar surface area (TPSA) is 52.6 Å². The van der Waals surface area contributed by atoms with Gasteiger partial charge in [-0.15, -0.1) is 0 Å². The van der Waals surface area contributed by atoms with Crippen molar-refractivity contribution in [1.29, 1.82) is 0 Å². The molecule has 26 aromatic rings. The molecule has 22 aromatic carbocycles. The van der Waals surface area contributed by atoms with E-state index in [1.807, 2.05) is 48.5 Å². The monoisotopic (exact) mass is 1570 g/mol. The van der Waals surface area contributed by atoms with Crippen LogP contribution in [0.15, 0.2) is 430 Å². The summed E-state index contributed by atoms with van der Waals surface area (Å²) in [6.07, 6.45) is 0. The Morgan fingerprint density at radius 3 is 0.500 bits per heavy atom. The van der Waals surface area contributed by atoms with Gasteiger partial charge >= 0.3 is 0 Å². The second-order valence-electron chi connectivity index (χ2n) is 33.4. The lowest BCUT2D eigenvalue weighted by Gasteiger charge is -2.25. The van der Waals surface area contributed by atoms with E-state index < -0.39 is 0 Å². The maximum atomic E-state index is 6.25. The van der Waals surface area contributed by atoms with Gasteiger partial charge < -0.3 is 17.7 Å². The van der Waals surface area contributed by atoms with E-state index in [2.05, 4.69) is 364 Å². The lowest BCUT2D eigenvalue weighted by atomic mass is 9.78. The lowest BCUT2D eigenvalue weighted by molar-refractivity contribution is 0.668. The number of rotatable bonds is 4. The lowest BCUT2D eigenvalue weighted by Crippen LogP contribution is -1.99. The Morgan fingerprint density at radius 1 is 0.0887 bits per heavy atom. The highest BCUT2D eigenvalue weighted by Gasteiger charge is 2.29. The standard InChI is InChI=1S/2C60H34O2/c1-5-15-43-39(11-1)40-12-2-6-16-44(40)52-34-54-50-30-36(38-24-28-60-56(32-38)48-18-8-10-20-58(48)62-60)21-25-45(50)41-13-3-4-14-42(41)49-29-35(22-26-46(49)53(54)33-51(43)52)37-23-27-59-55(31-37)47-17-7-9-19-57(47)61-59;1-3-13-41-39(11-1)40-12-2-4-14-42(40)52-34-54-46-26-22-36(38-24-28-60-56(32-38)48-18-8-10-20-58(48)62-60)30-50(46)44-16-6-5-15-43(44)49-29-35(21-25-45(49)53(54)33-51(41)52)37-23-27-59-55(31-37)47-17-7-9-19-57(47)61-59/h2*1-34H. The van der Waals surface area contributed by atoms with Crippen LogP contribution in [0, 0.1) is 0 Å². The molecule has 572 valence electrons. The first-order valence-corrected chi connectivity index (χ1v) is 42.6. The molecular formula is C120H68O4. The van der Waals surface area contributed by atoms with Gasteiger partial charge in [-0.05, 0) is 319 Å². The second-order valence-corrected chi connectivity index (χ2v) is 33.4. The average Bonchev–Trinajstić information content (AvgIpc) is 1.11. The number of para-hydroxylation sites is 4. The molecule has 0 amide bonds. The normalized spacial score (nSPS) is 12.2. The zero-order valence-electron chi connectivity index (χ0n) is 66.9. The van der Waals surface area contributed by atoms with Gasteiger partial charge in [-0.1, -0.05) is 291 Å². The first kappa shape index (κ1) is 68.5. The van der Waals surface area contributed by atoms with Gasteiger partial charge in [0.05, 0.1) is 0 Å². The third kappa shape index (κ3) is 10.4. The van der Waals surface area contributed by atoms with Crippen molar-refractivity contribution in [1.82, 2.24) is 0 Å². The summed E-state index contributed by atoms with van der Waals surface area (Å²) >= 11 is 0. The molecular weight excluding hydrogens is 1510 g/mol. The zero-order valence-corrected chi connectivity index (χ0v) is 66.9. The van der Waals surface area contributed by atoms with Crippen molar-refractivity contribution in [2.24, 2.45) is 0 Å². The van der Waals surface area contributed by atoms with Crippen molar-refractivity contribution in [2.75, 3.05) is 0 Å². The van der Waals surface area contributed by atoms with Crippen LogP contribution in [0.2, 0.25) is 0 Å². The third-order valence-electron chi connectivity index (χ3n) is 26.9. The van der Waals surface area contributed by atoms with Crippen LogP contribution in [0.5, 0.6) is 0 Å². The van der Waals surface area contributed by atoms with E-state index >= 15 is 0 Å². The number of hydrogen-bond acceptors (Lipinski definition) is 4. The van der Waals surface area contributed by atoms with E-state index in [1.165, 1.54) is 176 Å². The summed E-state index contributed by atoms with van der Waals surface area (Å²) in [5, 5.41) is 24.2. The van der Waals surface area contributed by atoms with Gasteiger partial charge in [0.2, 0.25) is 0 Å². The maximum Gasteiger partial charge on any atom is 0.135 e. The molecule has 0 saturated heterocycles. The van der Waals surface area contributed by atoms with Gasteiger partial charge in [0.15, 0.2) is 0 Å². The molecule has 0 saturated carbocycles. The Bertz CT molecular complexity index is 8890. The molecule has 0 aliphatic heterocycles. The van der Waals surface area contributed by atoms with Crippen molar-refractivity contribution in [3.63, 3.8) is 0 Å². The molecule has 4 aromatic heterocycles. The molecule has 0 N–H and O–H groups in total. The summed E-state index contributed by atoms with van der Waals surface area (Å²) in [7, 11) is 0. The number of furan rings is 4. The van der Waals surface area contributed by atoms with Crippen LogP contribution in [0.1, 0.15) is 0 Å². The molecule has 0 spiro atoms. The van der Waals surface area contributed by atoms with Gasteiger partial charge in [-0.25, -0.2) is 0 Å².